The number of hydrogen-bond acceptors (Lipinski definition) is 7. The van der Waals surface area contributed by atoms with E-state index in [0.29, 0.717) is 0 Å². The first-order valence-corrected chi connectivity index (χ1v) is 10.5. The number of benzene rings is 3. The number of sulfone groups is 1. The van der Waals surface area contributed by atoms with Crippen molar-refractivity contribution in [1.29, 1.82) is 0 Å². The van der Waals surface area contributed by atoms with Crippen LogP contribution in [0.1, 0.15) is 31.1 Å². The summed E-state index contributed by atoms with van der Waals surface area (Å²) >= 11 is 0. The van der Waals surface area contributed by atoms with Crippen LogP contribution in [0.25, 0.3) is 0 Å². The van der Waals surface area contributed by atoms with Gasteiger partial charge in [0.25, 0.3) is 11.6 Å². The maximum atomic E-state index is 13.2. The van der Waals surface area contributed by atoms with Gasteiger partial charge in [-0.2, -0.15) is 0 Å². The maximum Gasteiger partial charge on any atom is 0.336 e. The van der Waals surface area contributed by atoms with Gasteiger partial charge in [0.05, 0.1) is 31.5 Å². The zero-order valence-electron chi connectivity index (χ0n) is 16.5. The molecule has 3 aromatic rings. The number of aromatic carboxylic acids is 2. The van der Waals surface area contributed by atoms with Gasteiger partial charge in [0.1, 0.15) is 0 Å². The highest BCUT2D eigenvalue weighted by Gasteiger charge is 2.26. The smallest absolute Gasteiger partial charge is 0.336 e. The van der Waals surface area contributed by atoms with Crippen LogP contribution < -0.4 is 5.32 Å². The summed E-state index contributed by atoms with van der Waals surface area (Å²) in [6.07, 6.45) is 0. The molecule has 3 N–H and O–H groups in total. The molecule has 0 radical (unpaired) electrons. The first-order valence-electron chi connectivity index (χ1n) is 9.03. The quantitative estimate of drug-likeness (QED) is 0.345. The summed E-state index contributed by atoms with van der Waals surface area (Å²) in [4.78, 5) is 44.6. The second-order valence-corrected chi connectivity index (χ2v) is 8.50. The first-order chi connectivity index (χ1) is 15.5. The summed E-state index contributed by atoms with van der Waals surface area (Å²) in [5.41, 5.74) is -1.89. The molecule has 0 unspecified atom stereocenters. The Hall–Kier alpha value is -4.58. The summed E-state index contributed by atoms with van der Waals surface area (Å²) < 4.78 is 26.4. The zero-order valence-corrected chi connectivity index (χ0v) is 17.3. The number of carbonyl (C=O) groups is 3. The van der Waals surface area contributed by atoms with E-state index in [0.717, 1.165) is 24.3 Å². The molecule has 0 spiro atoms. The lowest BCUT2D eigenvalue weighted by Gasteiger charge is -2.13. The van der Waals surface area contributed by atoms with E-state index in [1.165, 1.54) is 42.5 Å². The third-order valence-corrected chi connectivity index (χ3v) is 6.32. The molecular weight excluding hydrogens is 456 g/mol. The van der Waals surface area contributed by atoms with Crippen LogP contribution >= 0.6 is 0 Å². The van der Waals surface area contributed by atoms with Crippen LogP contribution in [0.3, 0.4) is 0 Å². The summed E-state index contributed by atoms with van der Waals surface area (Å²) in [6, 6.07) is 12.6. The Kier molecular flexibility index (Phi) is 6.22. The first kappa shape index (κ1) is 23.1. The molecule has 33 heavy (non-hydrogen) atoms. The predicted molar refractivity (Wildman–Crippen MR) is 113 cm³/mol. The fraction of sp³-hybridized carbons (Fsp3) is 0. The van der Waals surface area contributed by atoms with E-state index >= 15 is 0 Å². The third-order valence-electron chi connectivity index (χ3n) is 4.51. The predicted octanol–water partition coefficient (Wildman–Crippen LogP) is 3.08. The van der Waals surface area contributed by atoms with Crippen molar-refractivity contribution in [3.05, 3.63) is 93.5 Å². The van der Waals surface area contributed by atoms with Crippen molar-refractivity contribution in [1.82, 2.24) is 0 Å². The van der Waals surface area contributed by atoms with Gasteiger partial charge in [0.15, 0.2) is 0 Å². The maximum absolute atomic E-state index is 13.2. The minimum absolute atomic E-state index is 0.0876. The van der Waals surface area contributed by atoms with Crippen LogP contribution in [-0.4, -0.2) is 41.4 Å². The van der Waals surface area contributed by atoms with Crippen molar-refractivity contribution in [3.63, 3.8) is 0 Å². The van der Waals surface area contributed by atoms with Gasteiger partial charge in [0.2, 0.25) is 9.84 Å². The molecule has 168 valence electrons. The van der Waals surface area contributed by atoms with Crippen LogP contribution in [0.2, 0.25) is 0 Å². The molecule has 12 heteroatoms. The number of nitro benzene ring substituents is 1. The Labute approximate surface area is 186 Å². The lowest BCUT2D eigenvalue weighted by molar-refractivity contribution is -0.384. The minimum Gasteiger partial charge on any atom is -0.478 e. The summed E-state index contributed by atoms with van der Waals surface area (Å²) in [7, 11) is -4.40. The van der Waals surface area contributed by atoms with E-state index in [-0.39, 0.29) is 21.8 Å². The van der Waals surface area contributed by atoms with Crippen LogP contribution in [0, 0.1) is 10.1 Å². The Morgan fingerprint density at radius 3 is 2.15 bits per heavy atom. The lowest BCUT2D eigenvalue weighted by Crippen LogP contribution is -2.16. The Balaban J connectivity index is 2.04. The SMILES string of the molecule is O=C(Nc1ccccc1S(=O)(=O)c1ccc(C(=O)O)c(C(=O)O)c1)c1cccc([N+](=O)[O-])c1. The topological polar surface area (TPSA) is 181 Å². The Bertz CT molecular complexity index is 1410. The highest BCUT2D eigenvalue weighted by atomic mass is 32.2. The fourth-order valence-electron chi connectivity index (χ4n) is 2.94. The van der Waals surface area contributed by atoms with Crippen molar-refractivity contribution in [2.75, 3.05) is 5.32 Å². The van der Waals surface area contributed by atoms with Gasteiger partial charge in [-0.25, -0.2) is 18.0 Å². The lowest BCUT2D eigenvalue weighted by atomic mass is 10.1. The van der Waals surface area contributed by atoms with Crippen LogP contribution in [-0.2, 0) is 9.84 Å². The Morgan fingerprint density at radius 2 is 1.52 bits per heavy atom. The number of carbonyl (C=O) groups excluding carboxylic acids is 1. The number of carboxylic acids is 2. The number of hydrogen-bond donors (Lipinski definition) is 3. The second kappa shape index (κ2) is 8.88. The number of non-ortho nitro benzene ring substituents is 1. The number of para-hydroxylation sites is 1. The van der Waals surface area contributed by atoms with Gasteiger partial charge in [-0.05, 0) is 36.4 Å². The number of nitro groups is 1. The number of carboxylic acid groups (broad SMARTS) is 2. The molecule has 0 atom stereocenters. The van der Waals surface area contributed by atoms with Gasteiger partial charge >= 0.3 is 11.9 Å². The molecule has 0 fully saturated rings. The molecule has 3 aromatic carbocycles. The fourth-order valence-corrected chi connectivity index (χ4v) is 4.38. The largest absolute Gasteiger partial charge is 0.478 e. The molecule has 0 bridgehead atoms. The van der Waals surface area contributed by atoms with Crippen molar-refractivity contribution in [2.45, 2.75) is 9.79 Å². The highest BCUT2D eigenvalue weighted by Crippen LogP contribution is 2.29. The van der Waals surface area contributed by atoms with Crippen LogP contribution in [0.5, 0.6) is 0 Å². The average molecular weight is 470 g/mol. The Morgan fingerprint density at radius 1 is 0.848 bits per heavy atom. The zero-order chi connectivity index (χ0) is 24.3. The molecule has 1 amide bonds. The van der Waals surface area contributed by atoms with Crippen molar-refractivity contribution in [3.8, 4) is 0 Å². The van der Waals surface area contributed by atoms with E-state index in [1.807, 2.05) is 0 Å². The molecular formula is C21H14N2O9S. The standard InChI is InChI=1S/C21H14N2O9S/c24-19(12-4-3-5-13(10-12)23(29)30)22-17-6-1-2-7-18(17)33(31,32)14-8-9-15(20(25)26)16(11-14)21(27)28/h1-11H,(H,22,24)(H,25,26)(H,27,28). The molecule has 0 saturated heterocycles. The summed E-state index contributed by atoms with van der Waals surface area (Å²) in [5.74, 6) is -3.98. The third kappa shape index (κ3) is 4.70. The van der Waals surface area contributed by atoms with Crippen molar-refractivity contribution < 1.29 is 37.9 Å². The minimum atomic E-state index is -4.40. The van der Waals surface area contributed by atoms with Gasteiger partial charge in [-0.15, -0.1) is 0 Å². The van der Waals surface area contributed by atoms with Gasteiger partial charge < -0.3 is 15.5 Å². The average Bonchev–Trinajstić information content (AvgIpc) is 2.78. The van der Waals surface area contributed by atoms with Gasteiger partial charge in [0, 0.05) is 17.7 Å². The molecule has 0 aromatic heterocycles. The highest BCUT2D eigenvalue weighted by molar-refractivity contribution is 7.91. The number of anilines is 1. The van der Waals surface area contributed by atoms with E-state index in [9.17, 15) is 38.0 Å². The van der Waals surface area contributed by atoms with E-state index in [1.54, 1.807) is 0 Å². The van der Waals surface area contributed by atoms with Gasteiger partial charge in [-0.3, -0.25) is 14.9 Å². The molecule has 0 aliphatic heterocycles. The molecule has 0 heterocycles. The number of rotatable bonds is 7. The second-order valence-electron chi connectivity index (χ2n) is 6.58. The van der Waals surface area contributed by atoms with Crippen molar-refractivity contribution >= 4 is 39.1 Å². The monoisotopic (exact) mass is 470 g/mol. The van der Waals surface area contributed by atoms with E-state index in [2.05, 4.69) is 5.32 Å². The molecule has 3 rings (SSSR count). The molecule has 0 aliphatic rings. The normalized spacial score (nSPS) is 10.9. The summed E-state index contributed by atoms with van der Waals surface area (Å²) in [5, 5.41) is 31.7. The van der Waals surface area contributed by atoms with Crippen LogP contribution in [0.4, 0.5) is 11.4 Å². The number of amides is 1. The van der Waals surface area contributed by atoms with Crippen LogP contribution in [0.15, 0.2) is 76.5 Å². The van der Waals surface area contributed by atoms with E-state index in [4.69, 9.17) is 5.11 Å². The molecule has 0 saturated carbocycles. The summed E-state index contributed by atoms with van der Waals surface area (Å²) in [6.45, 7) is 0. The van der Waals surface area contributed by atoms with Gasteiger partial charge in [-0.1, -0.05) is 18.2 Å². The van der Waals surface area contributed by atoms with Crippen molar-refractivity contribution in [2.24, 2.45) is 0 Å². The van der Waals surface area contributed by atoms with E-state index < -0.39 is 48.6 Å². The molecule has 11 nitrogen and oxygen atoms in total. The number of nitrogens with one attached hydrogen (secondary N) is 1. The number of nitrogens with zero attached hydrogens (tertiary/aromatic N) is 1. The molecule has 0 aliphatic carbocycles.